The Morgan fingerprint density at radius 2 is 2.15 bits per heavy atom. The largest absolute Gasteiger partial charge is 0.370 e. The van der Waals surface area contributed by atoms with Crippen LogP contribution in [0.25, 0.3) is 0 Å². The molecule has 0 aliphatic carbocycles. The minimum absolute atomic E-state index is 0.0700. The number of benzene rings is 1. The molecule has 0 saturated carbocycles. The molecule has 0 fully saturated rings. The van der Waals surface area contributed by atoms with Crippen molar-refractivity contribution in [2.45, 2.75) is 6.54 Å². The van der Waals surface area contributed by atoms with Gasteiger partial charge in [-0.25, -0.2) is 9.38 Å². The van der Waals surface area contributed by atoms with Crippen molar-refractivity contribution in [1.29, 1.82) is 0 Å². The summed E-state index contributed by atoms with van der Waals surface area (Å²) in [5.74, 6) is -0.436. The lowest BCUT2D eigenvalue weighted by Gasteiger charge is -1.99. The molecule has 1 aromatic carbocycles. The summed E-state index contributed by atoms with van der Waals surface area (Å²) >= 11 is 5.65. The zero-order valence-electron chi connectivity index (χ0n) is 6.80. The highest BCUT2D eigenvalue weighted by Gasteiger charge is 2.01. The van der Waals surface area contributed by atoms with Crippen LogP contribution in [0.4, 0.5) is 4.39 Å². The van der Waals surface area contributed by atoms with Crippen LogP contribution in [0.5, 0.6) is 0 Å². The predicted octanol–water partition coefficient (Wildman–Crippen LogP) is 1.25. The molecule has 0 atom stereocenters. The maximum absolute atomic E-state index is 13.0. The quantitative estimate of drug-likeness (QED) is 0.559. The SMILES string of the molecule is NC(N)=NCc1cc(Cl)ccc1F. The van der Waals surface area contributed by atoms with E-state index in [1.807, 2.05) is 0 Å². The summed E-state index contributed by atoms with van der Waals surface area (Å²) in [6, 6.07) is 4.24. The summed E-state index contributed by atoms with van der Waals surface area (Å²) in [6.45, 7) is 0.106. The molecule has 0 spiro atoms. The Hall–Kier alpha value is -1.29. The van der Waals surface area contributed by atoms with Gasteiger partial charge in [-0.05, 0) is 18.2 Å². The number of halogens is 2. The van der Waals surface area contributed by atoms with Crippen molar-refractivity contribution in [2.75, 3.05) is 0 Å². The molecule has 0 radical (unpaired) electrons. The minimum Gasteiger partial charge on any atom is -0.370 e. The van der Waals surface area contributed by atoms with Crippen LogP contribution in [-0.2, 0) is 6.54 Å². The Bertz CT molecular complexity index is 334. The number of aliphatic imine (C=N–C) groups is 1. The molecule has 13 heavy (non-hydrogen) atoms. The van der Waals surface area contributed by atoms with E-state index in [-0.39, 0.29) is 18.3 Å². The van der Waals surface area contributed by atoms with Crippen molar-refractivity contribution in [3.05, 3.63) is 34.6 Å². The Kier molecular flexibility index (Phi) is 3.08. The molecule has 5 heteroatoms. The fraction of sp³-hybridized carbons (Fsp3) is 0.125. The Morgan fingerprint density at radius 3 is 2.77 bits per heavy atom. The maximum atomic E-state index is 13.0. The van der Waals surface area contributed by atoms with Gasteiger partial charge < -0.3 is 11.5 Å². The fourth-order valence-corrected chi connectivity index (χ4v) is 1.04. The molecular formula is C8H9ClFN3. The second-order valence-electron chi connectivity index (χ2n) is 2.48. The number of nitrogens with two attached hydrogens (primary N) is 2. The average Bonchev–Trinajstić information content (AvgIpc) is 2.06. The number of hydrogen-bond acceptors (Lipinski definition) is 1. The van der Waals surface area contributed by atoms with Gasteiger partial charge in [-0.2, -0.15) is 0 Å². The summed E-state index contributed by atoms with van der Waals surface area (Å²) < 4.78 is 13.0. The van der Waals surface area contributed by atoms with Gasteiger partial charge in [0, 0.05) is 10.6 Å². The van der Waals surface area contributed by atoms with E-state index in [9.17, 15) is 4.39 Å². The lowest BCUT2D eigenvalue weighted by atomic mass is 10.2. The first-order chi connectivity index (χ1) is 6.09. The molecular weight excluding hydrogens is 193 g/mol. The van der Waals surface area contributed by atoms with Crippen molar-refractivity contribution in [3.8, 4) is 0 Å². The van der Waals surface area contributed by atoms with E-state index in [4.69, 9.17) is 23.1 Å². The van der Waals surface area contributed by atoms with Gasteiger partial charge in [0.25, 0.3) is 0 Å². The smallest absolute Gasteiger partial charge is 0.186 e. The van der Waals surface area contributed by atoms with E-state index in [1.165, 1.54) is 18.2 Å². The number of guanidine groups is 1. The molecule has 0 aliphatic rings. The first-order valence-electron chi connectivity index (χ1n) is 3.59. The van der Waals surface area contributed by atoms with E-state index in [2.05, 4.69) is 4.99 Å². The Balaban J connectivity index is 2.87. The third kappa shape index (κ3) is 2.91. The van der Waals surface area contributed by atoms with Crippen molar-refractivity contribution in [1.82, 2.24) is 0 Å². The molecule has 0 unspecified atom stereocenters. The zero-order chi connectivity index (χ0) is 9.84. The summed E-state index contributed by atoms with van der Waals surface area (Å²) in [5.41, 5.74) is 10.6. The molecule has 0 saturated heterocycles. The molecule has 0 amide bonds. The van der Waals surface area contributed by atoms with E-state index < -0.39 is 0 Å². The second kappa shape index (κ2) is 4.09. The van der Waals surface area contributed by atoms with Gasteiger partial charge in [0.15, 0.2) is 5.96 Å². The highest BCUT2D eigenvalue weighted by atomic mass is 35.5. The molecule has 0 aliphatic heterocycles. The zero-order valence-corrected chi connectivity index (χ0v) is 7.55. The lowest BCUT2D eigenvalue weighted by molar-refractivity contribution is 0.611. The third-order valence-corrected chi connectivity index (χ3v) is 1.67. The predicted molar refractivity (Wildman–Crippen MR) is 50.9 cm³/mol. The van der Waals surface area contributed by atoms with E-state index in [0.29, 0.717) is 10.6 Å². The number of nitrogens with zero attached hydrogens (tertiary/aromatic N) is 1. The number of hydrogen-bond donors (Lipinski definition) is 2. The van der Waals surface area contributed by atoms with Crippen LogP contribution in [0.2, 0.25) is 5.02 Å². The van der Waals surface area contributed by atoms with Crippen LogP contribution in [-0.4, -0.2) is 5.96 Å². The minimum atomic E-state index is -0.366. The van der Waals surface area contributed by atoms with Gasteiger partial charge in [-0.15, -0.1) is 0 Å². The summed E-state index contributed by atoms with van der Waals surface area (Å²) in [4.78, 5) is 3.67. The highest BCUT2D eigenvalue weighted by Crippen LogP contribution is 2.15. The van der Waals surface area contributed by atoms with Crippen molar-refractivity contribution >= 4 is 17.6 Å². The number of rotatable bonds is 2. The lowest BCUT2D eigenvalue weighted by Crippen LogP contribution is -2.22. The first kappa shape index (κ1) is 9.80. The van der Waals surface area contributed by atoms with Crippen LogP contribution in [0, 0.1) is 5.82 Å². The van der Waals surface area contributed by atoms with Crippen molar-refractivity contribution < 1.29 is 4.39 Å². The van der Waals surface area contributed by atoms with E-state index in [1.54, 1.807) is 0 Å². The van der Waals surface area contributed by atoms with E-state index >= 15 is 0 Å². The van der Waals surface area contributed by atoms with E-state index in [0.717, 1.165) is 0 Å². The maximum Gasteiger partial charge on any atom is 0.186 e. The molecule has 0 aromatic heterocycles. The Labute approximate surface area is 80.2 Å². The van der Waals surface area contributed by atoms with Crippen molar-refractivity contribution in [3.63, 3.8) is 0 Å². The summed E-state index contributed by atoms with van der Waals surface area (Å²) in [5, 5.41) is 0.460. The topological polar surface area (TPSA) is 64.4 Å². The van der Waals surface area contributed by atoms with Crippen LogP contribution in [0.3, 0.4) is 0 Å². The van der Waals surface area contributed by atoms with Gasteiger partial charge in [0.2, 0.25) is 0 Å². The van der Waals surface area contributed by atoms with Gasteiger partial charge in [0.05, 0.1) is 6.54 Å². The average molecular weight is 202 g/mol. The van der Waals surface area contributed by atoms with Crippen LogP contribution in [0.15, 0.2) is 23.2 Å². The standard InChI is InChI=1S/C8H9ClFN3/c9-6-1-2-7(10)5(3-6)4-13-8(11)12/h1-3H,4H2,(H4,11,12,13). The molecule has 0 bridgehead atoms. The molecule has 1 rings (SSSR count). The van der Waals surface area contributed by atoms with Gasteiger partial charge >= 0.3 is 0 Å². The van der Waals surface area contributed by atoms with Gasteiger partial charge in [-0.1, -0.05) is 11.6 Å². The van der Waals surface area contributed by atoms with Crippen LogP contribution < -0.4 is 11.5 Å². The van der Waals surface area contributed by atoms with Crippen LogP contribution in [0.1, 0.15) is 5.56 Å². The third-order valence-electron chi connectivity index (χ3n) is 1.44. The van der Waals surface area contributed by atoms with Crippen molar-refractivity contribution in [2.24, 2.45) is 16.5 Å². The molecule has 3 nitrogen and oxygen atoms in total. The molecule has 4 N–H and O–H groups in total. The second-order valence-corrected chi connectivity index (χ2v) is 2.91. The normalized spacial score (nSPS) is 9.69. The monoisotopic (exact) mass is 201 g/mol. The first-order valence-corrected chi connectivity index (χ1v) is 3.96. The Morgan fingerprint density at radius 1 is 1.46 bits per heavy atom. The molecule has 1 aromatic rings. The van der Waals surface area contributed by atoms with Gasteiger partial charge in [0.1, 0.15) is 5.82 Å². The van der Waals surface area contributed by atoms with Crippen LogP contribution >= 0.6 is 11.6 Å². The van der Waals surface area contributed by atoms with Gasteiger partial charge in [-0.3, -0.25) is 0 Å². The highest BCUT2D eigenvalue weighted by molar-refractivity contribution is 6.30. The molecule has 0 heterocycles. The summed E-state index contributed by atoms with van der Waals surface area (Å²) in [6.07, 6.45) is 0. The molecule has 70 valence electrons. The fourth-order valence-electron chi connectivity index (χ4n) is 0.841. The summed E-state index contributed by atoms with van der Waals surface area (Å²) in [7, 11) is 0.